The molecular weight excluding hydrogens is 290 g/mol. The fourth-order valence-corrected chi connectivity index (χ4v) is 2.68. The van der Waals surface area contributed by atoms with E-state index in [0.717, 1.165) is 23.1 Å². The van der Waals surface area contributed by atoms with Crippen molar-refractivity contribution in [3.05, 3.63) is 28.2 Å². The van der Waals surface area contributed by atoms with E-state index in [0.29, 0.717) is 11.5 Å². The van der Waals surface area contributed by atoms with Crippen LogP contribution in [-0.4, -0.2) is 20.2 Å². The molecule has 0 saturated carbocycles. The lowest BCUT2D eigenvalue weighted by molar-refractivity contribution is 0.240. The number of methoxy groups -OCH3 is 1. The minimum absolute atomic E-state index is 0.293. The predicted octanol–water partition coefficient (Wildman–Crippen LogP) is 4.02. The molecule has 0 fully saturated rings. The maximum Gasteiger partial charge on any atom is 0.133 e. The SMILES string of the molecule is CCC(C)(C)C(Cc1ccc(OC)c(Br)c1)NC. The predicted molar refractivity (Wildman–Crippen MR) is 81.3 cm³/mol. The number of ether oxygens (including phenoxy) is 1. The molecule has 1 rings (SSSR count). The Labute approximate surface area is 119 Å². The topological polar surface area (TPSA) is 21.3 Å². The zero-order valence-corrected chi connectivity index (χ0v) is 13.6. The minimum Gasteiger partial charge on any atom is -0.496 e. The molecule has 0 aromatic heterocycles. The lowest BCUT2D eigenvalue weighted by Crippen LogP contribution is -2.41. The monoisotopic (exact) mass is 313 g/mol. The molecule has 18 heavy (non-hydrogen) atoms. The molecule has 1 atom stereocenters. The summed E-state index contributed by atoms with van der Waals surface area (Å²) in [5.41, 5.74) is 1.62. The summed E-state index contributed by atoms with van der Waals surface area (Å²) in [5, 5.41) is 3.44. The molecular formula is C15H24BrNO. The van der Waals surface area contributed by atoms with Crippen molar-refractivity contribution in [3.63, 3.8) is 0 Å². The second-order valence-corrected chi connectivity index (χ2v) is 6.21. The highest BCUT2D eigenvalue weighted by molar-refractivity contribution is 9.10. The van der Waals surface area contributed by atoms with Crippen molar-refractivity contribution < 1.29 is 4.74 Å². The van der Waals surface area contributed by atoms with Crippen LogP contribution in [0.25, 0.3) is 0 Å². The van der Waals surface area contributed by atoms with Gasteiger partial charge in [-0.05, 0) is 58.9 Å². The van der Waals surface area contributed by atoms with Crippen LogP contribution in [0.2, 0.25) is 0 Å². The molecule has 0 aliphatic rings. The summed E-state index contributed by atoms with van der Waals surface area (Å²) >= 11 is 3.54. The highest BCUT2D eigenvalue weighted by atomic mass is 79.9. The molecule has 0 radical (unpaired) electrons. The quantitative estimate of drug-likeness (QED) is 0.856. The van der Waals surface area contributed by atoms with Crippen LogP contribution in [0.3, 0.4) is 0 Å². The fraction of sp³-hybridized carbons (Fsp3) is 0.600. The van der Waals surface area contributed by atoms with Crippen LogP contribution in [-0.2, 0) is 6.42 Å². The average molecular weight is 314 g/mol. The smallest absolute Gasteiger partial charge is 0.133 e. The summed E-state index contributed by atoms with van der Waals surface area (Å²) in [7, 11) is 3.73. The number of halogens is 1. The molecule has 0 saturated heterocycles. The van der Waals surface area contributed by atoms with Gasteiger partial charge in [-0.2, -0.15) is 0 Å². The van der Waals surface area contributed by atoms with Crippen LogP contribution in [0.1, 0.15) is 32.8 Å². The molecule has 0 amide bonds. The van der Waals surface area contributed by atoms with Crippen molar-refractivity contribution in [2.45, 2.75) is 39.7 Å². The van der Waals surface area contributed by atoms with E-state index in [1.165, 1.54) is 5.56 Å². The molecule has 0 spiro atoms. The van der Waals surface area contributed by atoms with Crippen LogP contribution in [0.15, 0.2) is 22.7 Å². The summed E-state index contributed by atoms with van der Waals surface area (Å²) in [6, 6.07) is 6.78. The van der Waals surface area contributed by atoms with Gasteiger partial charge in [-0.1, -0.05) is 26.8 Å². The maximum atomic E-state index is 5.26. The average Bonchev–Trinajstić information content (AvgIpc) is 2.35. The number of likely N-dealkylation sites (N-methyl/N-ethyl adjacent to an activating group) is 1. The Bertz CT molecular complexity index is 390. The molecule has 0 aliphatic heterocycles. The Kier molecular flexibility index (Phi) is 5.67. The van der Waals surface area contributed by atoms with Gasteiger partial charge in [-0.3, -0.25) is 0 Å². The van der Waals surface area contributed by atoms with Gasteiger partial charge in [-0.15, -0.1) is 0 Å². The van der Waals surface area contributed by atoms with Gasteiger partial charge < -0.3 is 10.1 Å². The summed E-state index contributed by atoms with van der Waals surface area (Å²) in [6.07, 6.45) is 2.19. The van der Waals surface area contributed by atoms with Gasteiger partial charge in [0.05, 0.1) is 11.6 Å². The number of benzene rings is 1. The summed E-state index contributed by atoms with van der Waals surface area (Å²) < 4.78 is 6.28. The molecule has 0 bridgehead atoms. The lowest BCUT2D eigenvalue weighted by atomic mass is 9.79. The molecule has 2 nitrogen and oxygen atoms in total. The van der Waals surface area contributed by atoms with E-state index in [9.17, 15) is 0 Å². The highest BCUT2D eigenvalue weighted by Crippen LogP contribution is 2.30. The number of nitrogens with one attached hydrogen (secondary N) is 1. The Morgan fingerprint density at radius 3 is 2.50 bits per heavy atom. The largest absolute Gasteiger partial charge is 0.496 e. The molecule has 0 heterocycles. The minimum atomic E-state index is 0.293. The third-order valence-corrected chi connectivity index (χ3v) is 4.48. The molecule has 1 N–H and O–H groups in total. The van der Waals surface area contributed by atoms with Crippen LogP contribution in [0.5, 0.6) is 5.75 Å². The van der Waals surface area contributed by atoms with E-state index in [-0.39, 0.29) is 0 Å². The van der Waals surface area contributed by atoms with E-state index >= 15 is 0 Å². The summed E-state index contributed by atoms with van der Waals surface area (Å²) in [5.74, 6) is 0.884. The van der Waals surface area contributed by atoms with Crippen molar-refractivity contribution in [3.8, 4) is 5.75 Å². The first-order valence-corrected chi connectivity index (χ1v) is 7.23. The standard InChI is InChI=1S/C15H24BrNO/c1-6-15(2,3)14(17-4)10-11-7-8-13(18-5)12(16)9-11/h7-9,14,17H,6,10H2,1-5H3. The van der Waals surface area contributed by atoms with Gasteiger partial charge in [0.25, 0.3) is 0 Å². The van der Waals surface area contributed by atoms with Crippen molar-refractivity contribution >= 4 is 15.9 Å². The van der Waals surface area contributed by atoms with Crippen LogP contribution < -0.4 is 10.1 Å². The number of hydrogen-bond acceptors (Lipinski definition) is 2. The van der Waals surface area contributed by atoms with Gasteiger partial charge in [-0.25, -0.2) is 0 Å². The van der Waals surface area contributed by atoms with Crippen molar-refractivity contribution in [1.82, 2.24) is 5.32 Å². The zero-order valence-electron chi connectivity index (χ0n) is 12.0. The number of hydrogen-bond donors (Lipinski definition) is 1. The van der Waals surface area contributed by atoms with Crippen molar-refractivity contribution in [1.29, 1.82) is 0 Å². The first kappa shape index (κ1) is 15.5. The maximum absolute atomic E-state index is 5.26. The second kappa shape index (κ2) is 6.58. The van der Waals surface area contributed by atoms with Crippen molar-refractivity contribution in [2.75, 3.05) is 14.2 Å². The van der Waals surface area contributed by atoms with Gasteiger partial charge in [0.1, 0.15) is 5.75 Å². The van der Waals surface area contributed by atoms with Crippen LogP contribution in [0, 0.1) is 5.41 Å². The molecule has 0 aliphatic carbocycles. The fourth-order valence-electron chi connectivity index (χ4n) is 2.09. The molecule has 102 valence electrons. The summed E-state index contributed by atoms with van der Waals surface area (Å²) in [6.45, 7) is 6.87. The van der Waals surface area contributed by atoms with Gasteiger partial charge in [0.15, 0.2) is 0 Å². The Hall–Kier alpha value is -0.540. The van der Waals surface area contributed by atoms with E-state index in [1.54, 1.807) is 7.11 Å². The summed E-state index contributed by atoms with van der Waals surface area (Å²) in [4.78, 5) is 0. The highest BCUT2D eigenvalue weighted by Gasteiger charge is 2.26. The Morgan fingerprint density at radius 1 is 1.39 bits per heavy atom. The number of rotatable bonds is 6. The van der Waals surface area contributed by atoms with E-state index < -0.39 is 0 Å². The lowest BCUT2D eigenvalue weighted by Gasteiger charge is -2.33. The van der Waals surface area contributed by atoms with E-state index in [4.69, 9.17) is 4.74 Å². The third kappa shape index (κ3) is 3.72. The molecule has 3 heteroatoms. The van der Waals surface area contributed by atoms with Crippen molar-refractivity contribution in [2.24, 2.45) is 5.41 Å². The normalized spacial score (nSPS) is 13.4. The van der Waals surface area contributed by atoms with E-state index in [2.05, 4.69) is 54.2 Å². The van der Waals surface area contributed by atoms with E-state index in [1.807, 2.05) is 13.1 Å². The van der Waals surface area contributed by atoms with Gasteiger partial charge >= 0.3 is 0 Å². The van der Waals surface area contributed by atoms with Crippen LogP contribution >= 0.6 is 15.9 Å². The van der Waals surface area contributed by atoms with Crippen LogP contribution in [0.4, 0.5) is 0 Å². The van der Waals surface area contributed by atoms with Gasteiger partial charge in [0.2, 0.25) is 0 Å². The first-order chi connectivity index (χ1) is 8.44. The molecule has 1 unspecified atom stereocenters. The zero-order chi connectivity index (χ0) is 13.8. The Balaban J connectivity index is 2.86. The molecule has 1 aromatic carbocycles. The molecule has 1 aromatic rings. The first-order valence-electron chi connectivity index (χ1n) is 6.44. The second-order valence-electron chi connectivity index (χ2n) is 5.36. The van der Waals surface area contributed by atoms with Gasteiger partial charge in [0, 0.05) is 6.04 Å². The Morgan fingerprint density at radius 2 is 2.06 bits per heavy atom. The third-order valence-electron chi connectivity index (χ3n) is 3.86.